The van der Waals surface area contributed by atoms with Crippen LogP contribution in [0.2, 0.25) is 10.0 Å². The van der Waals surface area contributed by atoms with Crippen LogP contribution < -0.4 is 0 Å². The van der Waals surface area contributed by atoms with Gasteiger partial charge in [0.15, 0.2) is 0 Å². The fourth-order valence-electron chi connectivity index (χ4n) is 1.17. The molecule has 0 aliphatic rings. The highest BCUT2D eigenvalue weighted by Gasteiger charge is 2.08. The van der Waals surface area contributed by atoms with Crippen LogP contribution in [-0.4, -0.2) is 0 Å². The maximum Gasteiger partial charge on any atom is 0.0627 e. The van der Waals surface area contributed by atoms with Crippen LogP contribution in [0.5, 0.6) is 0 Å². The molecule has 0 aliphatic heterocycles. The number of rotatable bonds is 1. The molecule has 1 aromatic carbocycles. The predicted molar refractivity (Wildman–Crippen MR) is 55.3 cm³/mol. The molecule has 0 aliphatic carbocycles. The maximum absolute atomic E-state index is 6.03. The second-order valence-corrected chi connectivity index (χ2v) is 4.09. The molecule has 12 heavy (non-hydrogen) atoms. The first-order chi connectivity index (χ1) is 5.52. The van der Waals surface area contributed by atoms with Crippen molar-refractivity contribution >= 4 is 23.2 Å². The molecule has 0 nitrogen and oxygen atoms in total. The summed E-state index contributed by atoms with van der Waals surface area (Å²) in [5.41, 5.74) is 2.29. The van der Waals surface area contributed by atoms with Crippen LogP contribution in [0.25, 0.3) is 0 Å². The van der Waals surface area contributed by atoms with Gasteiger partial charge in [-0.15, -0.1) is 0 Å². The van der Waals surface area contributed by atoms with E-state index in [0.29, 0.717) is 16.0 Å². The number of aryl methyl sites for hydroxylation is 1. The topological polar surface area (TPSA) is 0 Å². The maximum atomic E-state index is 6.03. The predicted octanol–water partition coefficient (Wildman–Crippen LogP) is 4.43. The molecular weight excluding hydrogens is 191 g/mol. The SMILES string of the molecule is Cc1cc(Cl)c(Cl)c(C(C)C)c1. The van der Waals surface area contributed by atoms with E-state index >= 15 is 0 Å². The summed E-state index contributed by atoms with van der Waals surface area (Å²) in [6.07, 6.45) is 0. The Hall–Kier alpha value is -0.200. The van der Waals surface area contributed by atoms with Gasteiger partial charge in [0.25, 0.3) is 0 Å². The standard InChI is InChI=1S/C10H12Cl2/c1-6(2)8-4-7(3)5-9(11)10(8)12/h4-6H,1-3H3. The first kappa shape index (κ1) is 9.88. The summed E-state index contributed by atoms with van der Waals surface area (Å²) in [5.74, 6) is 0.426. The average molecular weight is 203 g/mol. The van der Waals surface area contributed by atoms with E-state index in [0.717, 1.165) is 11.1 Å². The van der Waals surface area contributed by atoms with Gasteiger partial charge in [-0.05, 0) is 30.0 Å². The molecule has 0 atom stereocenters. The molecule has 0 spiro atoms. The highest BCUT2D eigenvalue weighted by atomic mass is 35.5. The van der Waals surface area contributed by atoms with E-state index in [9.17, 15) is 0 Å². The van der Waals surface area contributed by atoms with E-state index in [1.54, 1.807) is 0 Å². The van der Waals surface area contributed by atoms with Crippen molar-refractivity contribution in [1.82, 2.24) is 0 Å². The number of halogens is 2. The van der Waals surface area contributed by atoms with Crippen molar-refractivity contribution in [3.05, 3.63) is 33.3 Å². The van der Waals surface area contributed by atoms with Gasteiger partial charge in [0.1, 0.15) is 0 Å². The van der Waals surface area contributed by atoms with E-state index in [1.807, 2.05) is 13.0 Å². The zero-order chi connectivity index (χ0) is 9.30. The van der Waals surface area contributed by atoms with Crippen LogP contribution in [0.4, 0.5) is 0 Å². The van der Waals surface area contributed by atoms with Gasteiger partial charge in [-0.25, -0.2) is 0 Å². The van der Waals surface area contributed by atoms with Crippen LogP contribution in [0.15, 0.2) is 12.1 Å². The van der Waals surface area contributed by atoms with Gasteiger partial charge < -0.3 is 0 Å². The average Bonchev–Trinajstić information content (AvgIpc) is 1.96. The summed E-state index contributed by atoms with van der Waals surface area (Å²) in [5, 5.41) is 1.35. The zero-order valence-corrected chi connectivity index (χ0v) is 9.00. The molecular formula is C10H12Cl2. The Bertz CT molecular complexity index is 290. The summed E-state index contributed by atoms with van der Waals surface area (Å²) in [4.78, 5) is 0. The molecule has 0 radical (unpaired) electrons. The molecule has 0 amide bonds. The van der Waals surface area contributed by atoms with Crippen LogP contribution in [0.1, 0.15) is 30.9 Å². The first-order valence-electron chi connectivity index (χ1n) is 3.98. The molecule has 0 aromatic heterocycles. The Kier molecular flexibility index (Phi) is 3.03. The van der Waals surface area contributed by atoms with Gasteiger partial charge in [-0.3, -0.25) is 0 Å². The van der Waals surface area contributed by atoms with Crippen molar-refractivity contribution in [3.63, 3.8) is 0 Å². The molecule has 0 saturated carbocycles. The van der Waals surface area contributed by atoms with Gasteiger partial charge in [0.05, 0.1) is 10.0 Å². The van der Waals surface area contributed by atoms with Gasteiger partial charge in [-0.2, -0.15) is 0 Å². The minimum Gasteiger partial charge on any atom is -0.0827 e. The molecule has 2 heteroatoms. The molecule has 0 unspecified atom stereocenters. The third kappa shape index (κ3) is 1.94. The Morgan fingerprint density at radius 1 is 1.17 bits per heavy atom. The second-order valence-electron chi connectivity index (χ2n) is 3.30. The normalized spacial score (nSPS) is 10.8. The third-order valence-corrected chi connectivity index (χ3v) is 2.64. The van der Waals surface area contributed by atoms with Crippen molar-refractivity contribution in [2.24, 2.45) is 0 Å². The lowest BCUT2D eigenvalue weighted by Crippen LogP contribution is -1.90. The Labute approximate surface area is 83.5 Å². The Balaban J connectivity index is 3.28. The Morgan fingerprint density at radius 2 is 1.75 bits per heavy atom. The van der Waals surface area contributed by atoms with Crippen LogP contribution >= 0.6 is 23.2 Å². The largest absolute Gasteiger partial charge is 0.0827 e. The van der Waals surface area contributed by atoms with Crippen LogP contribution in [0.3, 0.4) is 0 Å². The second kappa shape index (κ2) is 3.68. The molecule has 0 saturated heterocycles. The summed E-state index contributed by atoms with van der Waals surface area (Å²) >= 11 is 12.0. The molecule has 0 heterocycles. The summed E-state index contributed by atoms with van der Waals surface area (Å²) in [7, 11) is 0. The Morgan fingerprint density at radius 3 is 2.25 bits per heavy atom. The smallest absolute Gasteiger partial charge is 0.0627 e. The number of benzene rings is 1. The van der Waals surface area contributed by atoms with Crippen LogP contribution in [-0.2, 0) is 0 Å². The lowest BCUT2D eigenvalue weighted by Gasteiger charge is -2.10. The number of hydrogen-bond acceptors (Lipinski definition) is 0. The van der Waals surface area contributed by atoms with Crippen molar-refractivity contribution < 1.29 is 0 Å². The lowest BCUT2D eigenvalue weighted by molar-refractivity contribution is 0.865. The quantitative estimate of drug-likeness (QED) is 0.633. The molecule has 66 valence electrons. The molecule has 0 N–H and O–H groups in total. The highest BCUT2D eigenvalue weighted by molar-refractivity contribution is 6.42. The van der Waals surface area contributed by atoms with Crippen molar-refractivity contribution in [2.75, 3.05) is 0 Å². The van der Waals surface area contributed by atoms with E-state index in [1.165, 1.54) is 0 Å². The summed E-state index contributed by atoms with van der Waals surface area (Å²) in [6, 6.07) is 3.97. The van der Waals surface area contributed by atoms with E-state index < -0.39 is 0 Å². The van der Waals surface area contributed by atoms with Crippen molar-refractivity contribution in [3.8, 4) is 0 Å². The van der Waals surface area contributed by atoms with Crippen LogP contribution in [0, 0.1) is 6.92 Å². The van der Waals surface area contributed by atoms with E-state index in [2.05, 4.69) is 19.9 Å². The lowest BCUT2D eigenvalue weighted by atomic mass is 10.0. The molecule has 1 aromatic rings. The van der Waals surface area contributed by atoms with Crippen molar-refractivity contribution in [1.29, 1.82) is 0 Å². The number of hydrogen-bond donors (Lipinski definition) is 0. The van der Waals surface area contributed by atoms with E-state index in [4.69, 9.17) is 23.2 Å². The fourth-order valence-corrected chi connectivity index (χ4v) is 1.78. The van der Waals surface area contributed by atoms with Gasteiger partial charge in [-0.1, -0.05) is 43.1 Å². The van der Waals surface area contributed by atoms with Crippen molar-refractivity contribution in [2.45, 2.75) is 26.7 Å². The van der Waals surface area contributed by atoms with E-state index in [-0.39, 0.29) is 0 Å². The molecule has 0 fully saturated rings. The van der Waals surface area contributed by atoms with Gasteiger partial charge >= 0.3 is 0 Å². The third-order valence-electron chi connectivity index (χ3n) is 1.82. The zero-order valence-electron chi connectivity index (χ0n) is 7.49. The van der Waals surface area contributed by atoms with Gasteiger partial charge in [0, 0.05) is 0 Å². The summed E-state index contributed by atoms with van der Waals surface area (Å²) < 4.78 is 0. The summed E-state index contributed by atoms with van der Waals surface area (Å²) in [6.45, 7) is 6.24. The minimum absolute atomic E-state index is 0.426. The highest BCUT2D eigenvalue weighted by Crippen LogP contribution is 2.31. The molecule has 1 rings (SSSR count). The minimum atomic E-state index is 0.426. The fraction of sp³-hybridized carbons (Fsp3) is 0.400. The monoisotopic (exact) mass is 202 g/mol. The molecule has 0 bridgehead atoms. The first-order valence-corrected chi connectivity index (χ1v) is 4.73. The van der Waals surface area contributed by atoms with Gasteiger partial charge in [0.2, 0.25) is 0 Å².